The van der Waals surface area contributed by atoms with Gasteiger partial charge in [0.2, 0.25) is 0 Å². The lowest BCUT2D eigenvalue weighted by molar-refractivity contribution is -0.110. The number of nitrogens with one attached hydrogen (secondary N) is 1. The molecule has 1 atom stereocenters. The second-order valence-corrected chi connectivity index (χ2v) is 4.86. The van der Waals surface area contributed by atoms with Crippen LogP contribution in [-0.4, -0.2) is 44.0 Å². The summed E-state index contributed by atoms with van der Waals surface area (Å²) in [5, 5.41) is 3.39. The van der Waals surface area contributed by atoms with Crippen LogP contribution in [0.5, 0.6) is 0 Å². The summed E-state index contributed by atoms with van der Waals surface area (Å²) >= 11 is 0. The Kier molecular flexibility index (Phi) is 5.11. The van der Waals surface area contributed by atoms with Crippen LogP contribution in [-0.2, 0) is 15.9 Å². The van der Waals surface area contributed by atoms with E-state index in [1.165, 1.54) is 5.56 Å². The number of aromatic nitrogens is 1. The van der Waals surface area contributed by atoms with Crippen LogP contribution in [0, 0.1) is 0 Å². The first-order valence-corrected chi connectivity index (χ1v) is 6.57. The molecule has 0 radical (unpaired) electrons. The van der Waals surface area contributed by atoms with E-state index in [1.54, 1.807) is 7.11 Å². The van der Waals surface area contributed by atoms with E-state index in [2.05, 4.69) is 16.4 Å². The third kappa shape index (κ3) is 3.77. The number of pyridine rings is 1. The first-order valence-electron chi connectivity index (χ1n) is 6.57. The van der Waals surface area contributed by atoms with Crippen molar-refractivity contribution >= 4 is 0 Å². The van der Waals surface area contributed by atoms with Crippen molar-refractivity contribution in [1.29, 1.82) is 0 Å². The van der Waals surface area contributed by atoms with Crippen LogP contribution >= 0.6 is 0 Å². The molecule has 1 fully saturated rings. The van der Waals surface area contributed by atoms with Crippen LogP contribution < -0.4 is 5.32 Å². The molecule has 2 rings (SSSR count). The van der Waals surface area contributed by atoms with Crippen molar-refractivity contribution in [1.82, 2.24) is 10.3 Å². The fourth-order valence-corrected chi connectivity index (χ4v) is 2.46. The second-order valence-electron chi connectivity index (χ2n) is 4.86. The Hall–Kier alpha value is -0.970. The normalized spacial score (nSPS) is 24.1. The van der Waals surface area contributed by atoms with Crippen molar-refractivity contribution in [3.05, 3.63) is 30.1 Å². The van der Waals surface area contributed by atoms with Gasteiger partial charge in [-0.25, -0.2) is 0 Å². The van der Waals surface area contributed by atoms with Crippen molar-refractivity contribution in [2.45, 2.75) is 24.9 Å². The fourth-order valence-electron chi connectivity index (χ4n) is 2.46. The van der Waals surface area contributed by atoms with Crippen molar-refractivity contribution in [2.75, 3.05) is 33.4 Å². The highest BCUT2D eigenvalue weighted by atomic mass is 16.5. The van der Waals surface area contributed by atoms with E-state index >= 15 is 0 Å². The predicted octanol–water partition coefficient (Wildman–Crippen LogP) is 1.41. The molecule has 0 aliphatic carbocycles. The molecule has 1 aliphatic rings. The van der Waals surface area contributed by atoms with Crippen LogP contribution in [0.3, 0.4) is 0 Å². The maximum atomic E-state index is 5.94. The molecule has 0 spiro atoms. The number of hydrogen-bond acceptors (Lipinski definition) is 4. The monoisotopic (exact) mass is 250 g/mol. The molecule has 1 aliphatic heterocycles. The highest BCUT2D eigenvalue weighted by Crippen LogP contribution is 2.21. The minimum atomic E-state index is -0.144. The molecular formula is C14H22N2O2. The molecule has 1 unspecified atom stereocenters. The summed E-state index contributed by atoms with van der Waals surface area (Å²) in [4.78, 5) is 4.14. The van der Waals surface area contributed by atoms with Crippen LogP contribution in [0.4, 0.5) is 0 Å². The molecule has 0 aromatic carbocycles. The Morgan fingerprint density at radius 3 is 3.17 bits per heavy atom. The summed E-state index contributed by atoms with van der Waals surface area (Å²) in [6, 6.07) is 4.11. The lowest BCUT2D eigenvalue weighted by Gasteiger charge is -2.37. The number of nitrogens with zero attached hydrogens (tertiary/aromatic N) is 1. The quantitative estimate of drug-likeness (QED) is 0.829. The molecule has 1 N–H and O–H groups in total. The zero-order valence-electron chi connectivity index (χ0n) is 11.0. The molecule has 0 saturated carbocycles. The molecule has 4 nitrogen and oxygen atoms in total. The van der Waals surface area contributed by atoms with Gasteiger partial charge in [-0.05, 0) is 30.9 Å². The van der Waals surface area contributed by atoms with Gasteiger partial charge in [0, 0.05) is 32.6 Å². The van der Waals surface area contributed by atoms with Gasteiger partial charge in [-0.2, -0.15) is 0 Å². The fraction of sp³-hybridized carbons (Fsp3) is 0.643. The van der Waals surface area contributed by atoms with Gasteiger partial charge in [0.05, 0.1) is 13.2 Å². The van der Waals surface area contributed by atoms with Gasteiger partial charge in [0.1, 0.15) is 5.60 Å². The third-order valence-electron chi connectivity index (χ3n) is 3.36. The molecule has 1 saturated heterocycles. The highest BCUT2D eigenvalue weighted by Gasteiger charge is 2.32. The van der Waals surface area contributed by atoms with Gasteiger partial charge in [-0.1, -0.05) is 6.07 Å². The Morgan fingerprint density at radius 1 is 1.56 bits per heavy atom. The average molecular weight is 250 g/mol. The number of rotatable bonds is 6. The zero-order chi connectivity index (χ0) is 12.7. The van der Waals surface area contributed by atoms with Crippen LogP contribution in [0.25, 0.3) is 0 Å². The lowest BCUT2D eigenvalue weighted by atomic mass is 9.94. The molecule has 100 valence electrons. The summed E-state index contributed by atoms with van der Waals surface area (Å²) < 4.78 is 11.3. The molecule has 0 bridgehead atoms. The van der Waals surface area contributed by atoms with Gasteiger partial charge in [0.25, 0.3) is 0 Å². The van der Waals surface area contributed by atoms with E-state index in [0.717, 1.165) is 39.0 Å². The maximum Gasteiger partial charge on any atom is 0.104 e. The molecule has 4 heteroatoms. The number of ether oxygens (including phenoxy) is 2. The number of hydrogen-bond donors (Lipinski definition) is 1. The van der Waals surface area contributed by atoms with Crippen molar-refractivity contribution in [2.24, 2.45) is 0 Å². The second kappa shape index (κ2) is 6.83. The largest absolute Gasteiger partial charge is 0.382 e. The Morgan fingerprint density at radius 2 is 2.50 bits per heavy atom. The van der Waals surface area contributed by atoms with Crippen molar-refractivity contribution in [3.63, 3.8) is 0 Å². The summed E-state index contributed by atoms with van der Waals surface area (Å²) in [6.45, 7) is 3.26. The molecule has 1 aromatic heterocycles. The average Bonchev–Trinajstić information content (AvgIpc) is 2.41. The Labute approximate surface area is 109 Å². The minimum Gasteiger partial charge on any atom is -0.382 e. The standard InChI is InChI=1S/C14H22N2O2/c1-17-12-14(11-16-8-9-18-14)6-2-4-13-5-3-7-15-10-13/h3,5,7,10,16H,2,4,6,8-9,11-12H2,1H3. The highest BCUT2D eigenvalue weighted by molar-refractivity contribution is 5.08. The van der Waals surface area contributed by atoms with E-state index in [1.807, 2.05) is 18.5 Å². The Balaban J connectivity index is 1.82. The van der Waals surface area contributed by atoms with Crippen molar-refractivity contribution in [3.8, 4) is 0 Å². The van der Waals surface area contributed by atoms with Crippen molar-refractivity contribution < 1.29 is 9.47 Å². The zero-order valence-corrected chi connectivity index (χ0v) is 11.0. The topological polar surface area (TPSA) is 43.4 Å². The summed E-state index contributed by atoms with van der Waals surface area (Å²) in [5.41, 5.74) is 1.14. The molecule has 18 heavy (non-hydrogen) atoms. The summed E-state index contributed by atoms with van der Waals surface area (Å²) in [6.07, 6.45) is 6.90. The van der Waals surface area contributed by atoms with E-state index in [4.69, 9.17) is 9.47 Å². The van der Waals surface area contributed by atoms with Crippen LogP contribution in [0.15, 0.2) is 24.5 Å². The third-order valence-corrected chi connectivity index (χ3v) is 3.36. The minimum absolute atomic E-state index is 0.144. The number of aryl methyl sites for hydroxylation is 1. The maximum absolute atomic E-state index is 5.94. The first-order chi connectivity index (χ1) is 8.85. The van der Waals surface area contributed by atoms with Gasteiger partial charge in [-0.3, -0.25) is 4.98 Å². The summed E-state index contributed by atoms with van der Waals surface area (Å²) in [7, 11) is 1.74. The van der Waals surface area contributed by atoms with E-state index in [0.29, 0.717) is 6.61 Å². The summed E-state index contributed by atoms with van der Waals surface area (Å²) in [5.74, 6) is 0. The lowest BCUT2D eigenvalue weighted by Crippen LogP contribution is -2.52. The first kappa shape index (κ1) is 13.5. The Bertz CT molecular complexity index is 331. The van der Waals surface area contributed by atoms with E-state index in [-0.39, 0.29) is 5.60 Å². The van der Waals surface area contributed by atoms with Gasteiger partial charge in [0.15, 0.2) is 0 Å². The molecule has 1 aromatic rings. The van der Waals surface area contributed by atoms with Gasteiger partial charge >= 0.3 is 0 Å². The smallest absolute Gasteiger partial charge is 0.104 e. The molecular weight excluding hydrogens is 228 g/mol. The van der Waals surface area contributed by atoms with E-state index < -0.39 is 0 Å². The molecule has 0 amide bonds. The van der Waals surface area contributed by atoms with Crippen LogP contribution in [0.2, 0.25) is 0 Å². The molecule has 2 heterocycles. The van der Waals surface area contributed by atoms with Gasteiger partial charge < -0.3 is 14.8 Å². The number of morpholine rings is 1. The number of methoxy groups -OCH3 is 1. The SMILES string of the molecule is COCC1(CCCc2cccnc2)CNCCO1. The van der Waals surface area contributed by atoms with Gasteiger partial charge in [-0.15, -0.1) is 0 Å². The van der Waals surface area contributed by atoms with E-state index in [9.17, 15) is 0 Å². The van der Waals surface area contributed by atoms with Crippen LogP contribution in [0.1, 0.15) is 18.4 Å². The predicted molar refractivity (Wildman–Crippen MR) is 70.6 cm³/mol.